The number of aromatic nitrogens is 3. The smallest absolute Gasteiger partial charge is 0.282 e. The fraction of sp³-hybridized carbons (Fsp3) is 0.474. The fourth-order valence-corrected chi connectivity index (χ4v) is 3.60. The van der Waals surface area contributed by atoms with Gasteiger partial charge in [0, 0.05) is 19.3 Å². The first-order valence-corrected chi connectivity index (χ1v) is 9.56. The second-order valence-electron chi connectivity index (χ2n) is 7.88. The van der Waals surface area contributed by atoms with E-state index in [9.17, 15) is 13.6 Å². The van der Waals surface area contributed by atoms with E-state index in [0.717, 1.165) is 25.5 Å². The summed E-state index contributed by atoms with van der Waals surface area (Å²) in [5, 5.41) is 6.07. The van der Waals surface area contributed by atoms with E-state index in [1.165, 1.54) is 11.1 Å². The van der Waals surface area contributed by atoms with E-state index in [1.807, 2.05) is 0 Å². The Morgan fingerprint density at radius 3 is 2.62 bits per heavy atom. The van der Waals surface area contributed by atoms with Crippen LogP contribution in [-0.2, 0) is 0 Å². The van der Waals surface area contributed by atoms with Gasteiger partial charge in [-0.05, 0) is 19.1 Å². The monoisotopic (exact) mass is 404 g/mol. The Morgan fingerprint density at radius 2 is 2.03 bits per heavy atom. The molecule has 2 aliphatic heterocycles. The molecular weight excluding hydrogens is 380 g/mol. The van der Waals surface area contributed by atoms with Crippen molar-refractivity contribution < 1.29 is 13.6 Å². The van der Waals surface area contributed by atoms with Crippen molar-refractivity contribution in [3.63, 3.8) is 0 Å². The molecule has 0 saturated carbocycles. The Kier molecular flexibility index (Phi) is 4.91. The summed E-state index contributed by atoms with van der Waals surface area (Å²) in [5.74, 6) is -1.41. The van der Waals surface area contributed by atoms with Gasteiger partial charge in [0.25, 0.3) is 11.8 Å². The summed E-state index contributed by atoms with van der Waals surface area (Å²) in [7, 11) is 2.13. The van der Waals surface area contributed by atoms with Gasteiger partial charge in [-0.3, -0.25) is 9.28 Å². The molecule has 29 heavy (non-hydrogen) atoms. The molecule has 2 N–H and O–H groups in total. The third-order valence-electron chi connectivity index (χ3n) is 5.75. The number of hydrogen-bond acceptors (Lipinski definition) is 6. The van der Waals surface area contributed by atoms with Crippen molar-refractivity contribution in [2.24, 2.45) is 0 Å². The van der Waals surface area contributed by atoms with Crippen LogP contribution >= 0.6 is 0 Å². The number of amides is 1. The summed E-state index contributed by atoms with van der Waals surface area (Å²) < 4.78 is 26.6. The number of rotatable bonds is 4. The van der Waals surface area contributed by atoms with Crippen molar-refractivity contribution in [1.82, 2.24) is 24.8 Å². The van der Waals surface area contributed by atoms with Crippen LogP contribution in [-0.4, -0.2) is 72.6 Å². The largest absolute Gasteiger partial charge is 0.344 e. The number of hydrogen-bond donors (Lipinski definition) is 2. The maximum absolute atomic E-state index is 13.0. The molecule has 0 aliphatic carbocycles. The van der Waals surface area contributed by atoms with E-state index >= 15 is 0 Å². The van der Waals surface area contributed by atoms with Gasteiger partial charge in [0.05, 0.1) is 38.4 Å². The molecule has 4 rings (SSSR count). The van der Waals surface area contributed by atoms with Crippen molar-refractivity contribution in [2.75, 3.05) is 50.0 Å². The highest BCUT2D eigenvalue weighted by atomic mass is 19.3. The van der Waals surface area contributed by atoms with Crippen LogP contribution in [0.5, 0.6) is 0 Å². The predicted octanol–water partition coefficient (Wildman–Crippen LogP) is 1.51. The molecule has 154 valence electrons. The van der Waals surface area contributed by atoms with E-state index in [4.69, 9.17) is 0 Å². The quantitative estimate of drug-likeness (QED) is 0.752. The molecule has 1 unspecified atom stereocenters. The molecule has 0 spiro atoms. The van der Waals surface area contributed by atoms with Gasteiger partial charge in [0.1, 0.15) is 18.1 Å². The number of piperazine rings is 1. The second-order valence-corrected chi connectivity index (χ2v) is 7.88. The molecule has 0 bridgehead atoms. The lowest BCUT2D eigenvalue weighted by Gasteiger charge is -2.41. The van der Waals surface area contributed by atoms with Gasteiger partial charge in [0.2, 0.25) is 5.82 Å². The van der Waals surface area contributed by atoms with Crippen molar-refractivity contribution >= 4 is 23.4 Å². The fourth-order valence-electron chi connectivity index (χ4n) is 3.60. The number of quaternary nitrogens is 1. The molecule has 0 radical (unpaired) electrons. The lowest BCUT2D eigenvalue weighted by atomic mass is 10.1. The first-order valence-electron chi connectivity index (χ1n) is 9.56. The molecule has 0 aromatic carbocycles. The van der Waals surface area contributed by atoms with Crippen LogP contribution in [0.15, 0.2) is 30.7 Å². The maximum Gasteiger partial charge on any atom is 0.282 e. The number of halogens is 2. The Hall–Kier alpha value is -2.72. The minimum absolute atomic E-state index is 0.321. The second kappa shape index (κ2) is 7.27. The third kappa shape index (κ3) is 3.90. The van der Waals surface area contributed by atoms with Crippen molar-refractivity contribution in [3.8, 4) is 0 Å². The summed E-state index contributed by atoms with van der Waals surface area (Å²) in [5.41, 5.74) is 0.321. The molecule has 2 aromatic rings. The van der Waals surface area contributed by atoms with Crippen LogP contribution in [0.2, 0.25) is 0 Å². The molecular formula is C19H24F2N7O+. The van der Waals surface area contributed by atoms with Gasteiger partial charge in [0.15, 0.2) is 5.82 Å². The van der Waals surface area contributed by atoms with E-state index < -0.39 is 5.92 Å². The van der Waals surface area contributed by atoms with Crippen LogP contribution in [0.1, 0.15) is 17.3 Å². The van der Waals surface area contributed by atoms with Crippen molar-refractivity contribution in [1.29, 1.82) is 0 Å². The van der Waals surface area contributed by atoms with E-state index in [-0.39, 0.29) is 19.0 Å². The predicted molar refractivity (Wildman–Crippen MR) is 106 cm³/mol. The molecule has 10 heteroatoms. The van der Waals surface area contributed by atoms with Crippen molar-refractivity contribution in [3.05, 3.63) is 36.3 Å². The molecule has 2 saturated heterocycles. The van der Waals surface area contributed by atoms with Gasteiger partial charge in [-0.1, -0.05) is 0 Å². The number of nitrogens with one attached hydrogen (secondary N) is 2. The number of anilines is 2. The molecule has 8 nitrogen and oxygen atoms in total. The van der Waals surface area contributed by atoms with E-state index in [1.54, 1.807) is 24.5 Å². The molecule has 4 heterocycles. The average Bonchev–Trinajstić information content (AvgIpc) is 2.69. The zero-order chi connectivity index (χ0) is 20.6. The standard InChI is InChI=1S/C19H23F2N7O/c1-13-7-22-5-6-28(13,2)17-10-23-15(9-25-17)26-18(29)14-3-4-16(24-8-14)27-11-19(20,21)12-27/h3-4,8-10,13,22H,5-7,11-12H2,1-2H3/p+1/t13-,28?/m0/s1. The molecule has 2 atom stereocenters. The maximum atomic E-state index is 13.0. The lowest BCUT2D eigenvalue weighted by Crippen LogP contribution is -2.63. The first-order chi connectivity index (χ1) is 13.8. The summed E-state index contributed by atoms with van der Waals surface area (Å²) >= 11 is 0. The van der Waals surface area contributed by atoms with E-state index in [2.05, 4.69) is 39.6 Å². The van der Waals surface area contributed by atoms with Gasteiger partial charge in [-0.2, -0.15) is 4.98 Å². The topological polar surface area (TPSA) is 83.0 Å². The van der Waals surface area contributed by atoms with Crippen LogP contribution in [0.3, 0.4) is 0 Å². The normalized spacial score (nSPS) is 25.9. The number of carbonyl (C=O) groups is 1. The van der Waals surface area contributed by atoms with Crippen LogP contribution < -0.4 is 20.0 Å². The van der Waals surface area contributed by atoms with Crippen molar-refractivity contribution in [2.45, 2.75) is 18.9 Å². The molecule has 2 aromatic heterocycles. The summed E-state index contributed by atoms with van der Waals surface area (Å²) in [6, 6.07) is 3.50. The minimum Gasteiger partial charge on any atom is -0.344 e. The van der Waals surface area contributed by atoms with Gasteiger partial charge < -0.3 is 15.5 Å². The van der Waals surface area contributed by atoms with Crippen LogP contribution in [0, 0.1) is 0 Å². The highest BCUT2D eigenvalue weighted by molar-refractivity contribution is 6.03. The lowest BCUT2D eigenvalue weighted by molar-refractivity contribution is -0.0267. The molecule has 2 aliphatic rings. The Bertz CT molecular complexity index is 882. The SMILES string of the molecule is C[C@H]1CNCC[N+]1(C)c1cnc(NC(=O)c2ccc(N3CC(F)(F)C3)nc2)cn1. The van der Waals surface area contributed by atoms with Crippen LogP contribution in [0.4, 0.5) is 26.2 Å². The third-order valence-corrected chi connectivity index (χ3v) is 5.75. The molecule has 1 amide bonds. The molecule has 2 fully saturated rings. The highest BCUT2D eigenvalue weighted by Gasteiger charge is 2.44. The Labute approximate surface area is 167 Å². The first kappa shape index (κ1) is 19.6. The average molecular weight is 404 g/mol. The van der Waals surface area contributed by atoms with Gasteiger partial charge in [-0.25, -0.2) is 18.7 Å². The number of nitrogens with zero attached hydrogens (tertiary/aromatic N) is 5. The zero-order valence-electron chi connectivity index (χ0n) is 16.4. The number of alkyl halides is 2. The zero-order valence-corrected chi connectivity index (χ0v) is 16.4. The number of pyridine rings is 1. The Morgan fingerprint density at radius 1 is 1.24 bits per heavy atom. The summed E-state index contributed by atoms with van der Waals surface area (Å²) in [6.07, 6.45) is 4.62. The summed E-state index contributed by atoms with van der Waals surface area (Å²) in [4.78, 5) is 26.8. The number of carbonyl (C=O) groups excluding carboxylic acids is 1. The van der Waals surface area contributed by atoms with Gasteiger partial charge >= 0.3 is 0 Å². The highest BCUT2D eigenvalue weighted by Crippen LogP contribution is 2.30. The number of likely N-dealkylation sites (N-methyl/N-ethyl adjacent to an activating group) is 1. The summed E-state index contributed by atoms with van der Waals surface area (Å²) in [6.45, 7) is 4.22. The van der Waals surface area contributed by atoms with E-state index in [0.29, 0.717) is 27.7 Å². The van der Waals surface area contributed by atoms with Gasteiger partial charge in [-0.15, -0.1) is 0 Å². The van der Waals surface area contributed by atoms with Crippen LogP contribution in [0.25, 0.3) is 0 Å². The Balaban J connectivity index is 1.39. The minimum atomic E-state index is -2.66.